The smallest absolute Gasteiger partial charge is 0.251 e. The molecule has 8 heteroatoms. The van der Waals surface area contributed by atoms with Crippen LogP contribution in [0.4, 0.5) is 5.69 Å². The lowest BCUT2D eigenvalue weighted by atomic mass is 10.2. The van der Waals surface area contributed by atoms with Gasteiger partial charge in [-0.3, -0.25) is 14.2 Å². The summed E-state index contributed by atoms with van der Waals surface area (Å²) < 4.78 is 2.87. The van der Waals surface area contributed by atoms with Crippen molar-refractivity contribution in [1.82, 2.24) is 14.9 Å². The third-order valence-corrected chi connectivity index (χ3v) is 5.14. The second-order valence-corrected chi connectivity index (χ2v) is 7.58. The van der Waals surface area contributed by atoms with Crippen LogP contribution in [0.25, 0.3) is 5.69 Å². The van der Waals surface area contributed by atoms with Crippen molar-refractivity contribution in [1.29, 1.82) is 0 Å². The second kappa shape index (κ2) is 9.57. The van der Waals surface area contributed by atoms with Crippen LogP contribution in [-0.2, 0) is 4.79 Å². The molecule has 0 spiro atoms. The molecular formula is C20H19BrN4O2S. The average Bonchev–Trinajstić information content (AvgIpc) is 3.18. The van der Waals surface area contributed by atoms with Crippen LogP contribution in [0.3, 0.4) is 0 Å². The minimum absolute atomic E-state index is 0.153. The summed E-state index contributed by atoms with van der Waals surface area (Å²) in [7, 11) is 0. The molecule has 0 radical (unpaired) electrons. The number of hydrogen-bond acceptors (Lipinski definition) is 4. The molecule has 1 heterocycles. The van der Waals surface area contributed by atoms with E-state index in [-0.39, 0.29) is 24.8 Å². The molecule has 2 amide bonds. The molecule has 0 saturated carbocycles. The first-order chi connectivity index (χ1) is 13.6. The van der Waals surface area contributed by atoms with Crippen LogP contribution >= 0.6 is 27.7 Å². The molecule has 0 aliphatic carbocycles. The van der Waals surface area contributed by atoms with Crippen molar-refractivity contribution < 1.29 is 9.59 Å². The highest BCUT2D eigenvalue weighted by molar-refractivity contribution is 9.10. The lowest BCUT2D eigenvalue weighted by Gasteiger charge is -2.09. The lowest BCUT2D eigenvalue weighted by molar-refractivity contribution is -0.116. The van der Waals surface area contributed by atoms with E-state index in [1.807, 2.05) is 53.4 Å². The maximum Gasteiger partial charge on any atom is 0.251 e. The highest BCUT2D eigenvalue weighted by atomic mass is 79.9. The van der Waals surface area contributed by atoms with Crippen molar-refractivity contribution >= 4 is 45.2 Å². The largest absolute Gasteiger partial charge is 0.352 e. The molecule has 0 bridgehead atoms. The van der Waals surface area contributed by atoms with E-state index in [9.17, 15) is 9.59 Å². The van der Waals surface area contributed by atoms with E-state index >= 15 is 0 Å². The normalized spacial score (nSPS) is 10.5. The van der Waals surface area contributed by atoms with Gasteiger partial charge in [-0.15, -0.1) is 0 Å². The summed E-state index contributed by atoms with van der Waals surface area (Å²) in [5, 5.41) is 6.44. The fourth-order valence-corrected chi connectivity index (χ4v) is 3.38. The van der Waals surface area contributed by atoms with Crippen LogP contribution in [0, 0.1) is 0 Å². The zero-order chi connectivity index (χ0) is 19.9. The summed E-state index contributed by atoms with van der Waals surface area (Å²) in [6.07, 6.45) is 5.73. The van der Waals surface area contributed by atoms with Gasteiger partial charge < -0.3 is 10.6 Å². The van der Waals surface area contributed by atoms with Crippen molar-refractivity contribution in [2.24, 2.45) is 0 Å². The molecule has 28 heavy (non-hydrogen) atoms. The molecule has 3 rings (SSSR count). The maximum atomic E-state index is 12.4. The van der Waals surface area contributed by atoms with Crippen molar-refractivity contribution in [2.75, 3.05) is 18.1 Å². The van der Waals surface area contributed by atoms with E-state index < -0.39 is 0 Å². The fourth-order valence-electron chi connectivity index (χ4n) is 2.58. The van der Waals surface area contributed by atoms with Crippen LogP contribution in [0.5, 0.6) is 0 Å². The zero-order valence-electron chi connectivity index (χ0n) is 15.2. The summed E-state index contributed by atoms with van der Waals surface area (Å²) in [5.74, 6) is -0.372. The number of nitrogens with zero attached hydrogens (tertiary/aromatic N) is 2. The Morgan fingerprint density at radius 1 is 1.18 bits per heavy atom. The molecule has 144 valence electrons. The number of aromatic nitrogens is 2. The van der Waals surface area contributed by atoms with E-state index in [4.69, 9.17) is 0 Å². The number of rotatable bonds is 7. The number of carbonyl (C=O) groups excluding carboxylic acids is 2. The van der Waals surface area contributed by atoms with Crippen LogP contribution in [0.1, 0.15) is 16.8 Å². The van der Waals surface area contributed by atoms with Crippen molar-refractivity contribution in [3.63, 3.8) is 0 Å². The van der Waals surface area contributed by atoms with Gasteiger partial charge in [0, 0.05) is 46.8 Å². The maximum absolute atomic E-state index is 12.4. The van der Waals surface area contributed by atoms with Crippen molar-refractivity contribution in [3.05, 3.63) is 71.0 Å². The Hall–Kier alpha value is -2.58. The minimum Gasteiger partial charge on any atom is -0.352 e. The number of hydrogen-bond donors (Lipinski definition) is 2. The summed E-state index contributed by atoms with van der Waals surface area (Å²) in [4.78, 5) is 28.7. The van der Waals surface area contributed by atoms with Crippen molar-refractivity contribution in [2.45, 2.75) is 11.6 Å². The van der Waals surface area contributed by atoms with Gasteiger partial charge in [0.15, 0.2) is 5.16 Å². The van der Waals surface area contributed by atoms with Gasteiger partial charge in [-0.25, -0.2) is 4.98 Å². The molecule has 0 aliphatic rings. The Bertz CT molecular complexity index is 972. The first kappa shape index (κ1) is 20.2. The zero-order valence-corrected chi connectivity index (χ0v) is 17.6. The number of carbonyl (C=O) groups is 2. The standard InChI is InChI=1S/C20H19BrN4O2S/c1-28-20-23-11-12-25(20)17-4-2-3-14(13-17)19(27)22-10-9-18(26)24-16-7-5-15(21)6-8-16/h2-8,11-13H,9-10H2,1H3,(H,22,27)(H,24,26). The summed E-state index contributed by atoms with van der Waals surface area (Å²) >= 11 is 4.88. The Labute approximate surface area is 175 Å². The van der Waals surface area contributed by atoms with Crippen molar-refractivity contribution in [3.8, 4) is 5.69 Å². The Morgan fingerprint density at radius 2 is 1.96 bits per heavy atom. The second-order valence-electron chi connectivity index (χ2n) is 5.90. The van der Waals surface area contributed by atoms with Gasteiger partial charge in [0.2, 0.25) is 5.91 Å². The van der Waals surface area contributed by atoms with Crippen LogP contribution in [0.2, 0.25) is 0 Å². The number of thioether (sulfide) groups is 1. The van der Waals surface area contributed by atoms with Gasteiger partial charge in [-0.2, -0.15) is 0 Å². The monoisotopic (exact) mass is 458 g/mol. The average molecular weight is 459 g/mol. The molecular weight excluding hydrogens is 440 g/mol. The highest BCUT2D eigenvalue weighted by Crippen LogP contribution is 2.19. The Kier molecular flexibility index (Phi) is 6.89. The quantitative estimate of drug-likeness (QED) is 0.522. The molecule has 2 N–H and O–H groups in total. The number of anilines is 1. The van der Waals surface area contributed by atoms with Crippen LogP contribution in [0.15, 0.2) is 70.6 Å². The minimum atomic E-state index is -0.218. The van der Waals surface area contributed by atoms with Gasteiger partial charge in [0.1, 0.15) is 0 Å². The van der Waals surface area contributed by atoms with E-state index in [0.717, 1.165) is 21.0 Å². The topological polar surface area (TPSA) is 76.0 Å². The first-order valence-corrected chi connectivity index (χ1v) is 10.6. The predicted molar refractivity (Wildman–Crippen MR) is 115 cm³/mol. The summed E-state index contributed by atoms with van der Waals surface area (Å²) in [5.41, 5.74) is 2.12. The molecule has 0 fully saturated rings. The molecule has 3 aromatic rings. The van der Waals surface area contributed by atoms with E-state index in [1.54, 1.807) is 18.3 Å². The van der Waals surface area contributed by atoms with Crippen LogP contribution in [-0.4, -0.2) is 34.2 Å². The van der Waals surface area contributed by atoms with Gasteiger partial charge in [0.05, 0.1) is 0 Å². The predicted octanol–water partition coefficient (Wildman–Crippen LogP) is 4.12. The van der Waals surface area contributed by atoms with Crippen LogP contribution < -0.4 is 10.6 Å². The number of halogens is 1. The lowest BCUT2D eigenvalue weighted by Crippen LogP contribution is -2.27. The number of imidazole rings is 1. The van der Waals surface area contributed by atoms with E-state index in [2.05, 4.69) is 31.5 Å². The number of benzene rings is 2. The molecule has 0 saturated heterocycles. The molecule has 0 unspecified atom stereocenters. The Morgan fingerprint density at radius 3 is 2.71 bits per heavy atom. The Balaban J connectivity index is 1.54. The molecule has 0 atom stereocenters. The van der Waals surface area contributed by atoms with E-state index in [1.165, 1.54) is 11.8 Å². The third kappa shape index (κ3) is 5.24. The summed E-state index contributed by atoms with van der Waals surface area (Å²) in [6.45, 7) is 0.257. The summed E-state index contributed by atoms with van der Waals surface area (Å²) in [6, 6.07) is 14.6. The molecule has 6 nitrogen and oxygen atoms in total. The SMILES string of the molecule is CSc1nccn1-c1cccc(C(=O)NCCC(=O)Nc2ccc(Br)cc2)c1. The van der Waals surface area contributed by atoms with Gasteiger partial charge in [-0.05, 0) is 48.7 Å². The molecule has 0 aliphatic heterocycles. The number of nitrogens with one attached hydrogen (secondary N) is 2. The van der Waals surface area contributed by atoms with Gasteiger partial charge >= 0.3 is 0 Å². The first-order valence-electron chi connectivity index (χ1n) is 8.58. The highest BCUT2D eigenvalue weighted by Gasteiger charge is 2.10. The number of amides is 2. The third-order valence-electron chi connectivity index (χ3n) is 3.94. The van der Waals surface area contributed by atoms with Gasteiger partial charge in [0.25, 0.3) is 5.91 Å². The fraction of sp³-hybridized carbons (Fsp3) is 0.150. The van der Waals surface area contributed by atoms with Gasteiger partial charge in [-0.1, -0.05) is 33.8 Å². The molecule has 1 aromatic heterocycles. The molecule has 2 aromatic carbocycles. The van der Waals surface area contributed by atoms with E-state index in [0.29, 0.717) is 5.56 Å².